The first-order valence-electron chi connectivity index (χ1n) is 10.8. The zero-order valence-electron chi connectivity index (χ0n) is 18.6. The molecule has 1 saturated heterocycles. The number of hydrogen-bond acceptors (Lipinski definition) is 5. The normalized spacial score (nSPS) is 19.5. The van der Waals surface area contributed by atoms with Gasteiger partial charge in [0.25, 0.3) is 10.2 Å². The van der Waals surface area contributed by atoms with Crippen LogP contribution in [0.4, 0.5) is 5.69 Å². The lowest BCUT2D eigenvalue weighted by Crippen LogP contribution is -2.55. The van der Waals surface area contributed by atoms with Crippen LogP contribution in [0.1, 0.15) is 37.7 Å². The molecule has 0 aromatic heterocycles. The number of rotatable bonds is 7. The van der Waals surface area contributed by atoms with Crippen LogP contribution < -0.4 is 10.1 Å². The number of methoxy groups -OCH3 is 1. The van der Waals surface area contributed by atoms with Crippen LogP contribution in [0.2, 0.25) is 5.02 Å². The topological polar surface area (TPSA) is 82.2 Å². The number of nitrogens with zero attached hydrogens (tertiary/aromatic N) is 3. The molecule has 8 nitrogen and oxygen atoms in total. The number of benzene rings is 1. The van der Waals surface area contributed by atoms with Crippen LogP contribution in [0.25, 0.3) is 0 Å². The fourth-order valence-corrected chi connectivity index (χ4v) is 5.99. The lowest BCUT2D eigenvalue weighted by molar-refractivity contribution is -0.117. The van der Waals surface area contributed by atoms with E-state index in [-0.39, 0.29) is 18.5 Å². The summed E-state index contributed by atoms with van der Waals surface area (Å²) in [5, 5.41) is 3.45. The average molecular weight is 473 g/mol. The fraction of sp³-hybridized carbons (Fsp3) is 0.667. The van der Waals surface area contributed by atoms with E-state index < -0.39 is 10.2 Å². The van der Waals surface area contributed by atoms with E-state index in [1.165, 1.54) is 13.5 Å². The van der Waals surface area contributed by atoms with Gasteiger partial charge in [0.1, 0.15) is 5.75 Å². The molecule has 2 fully saturated rings. The van der Waals surface area contributed by atoms with Crippen LogP contribution >= 0.6 is 11.6 Å². The molecule has 1 aliphatic carbocycles. The highest BCUT2D eigenvalue weighted by atomic mass is 35.5. The highest BCUT2D eigenvalue weighted by Crippen LogP contribution is 2.31. The Morgan fingerprint density at radius 2 is 1.84 bits per heavy atom. The second kappa shape index (κ2) is 10.5. The van der Waals surface area contributed by atoms with Gasteiger partial charge in [-0.25, -0.2) is 0 Å². The van der Waals surface area contributed by atoms with E-state index in [9.17, 15) is 13.2 Å². The number of piperazine rings is 1. The summed E-state index contributed by atoms with van der Waals surface area (Å²) in [5.74, 6) is 0.335. The van der Waals surface area contributed by atoms with E-state index in [1.54, 1.807) is 27.8 Å². The lowest BCUT2D eigenvalue weighted by atomic mass is 9.96. The molecule has 2 aliphatic rings. The van der Waals surface area contributed by atoms with Crippen molar-refractivity contribution in [1.82, 2.24) is 13.5 Å². The van der Waals surface area contributed by atoms with Crippen LogP contribution in [-0.4, -0.2) is 80.8 Å². The average Bonchev–Trinajstić information content (AvgIpc) is 2.76. The maximum atomic E-state index is 13.0. The van der Waals surface area contributed by atoms with Crippen molar-refractivity contribution in [2.24, 2.45) is 0 Å². The van der Waals surface area contributed by atoms with Crippen LogP contribution in [-0.2, 0) is 15.0 Å². The first-order chi connectivity index (χ1) is 14.7. The highest BCUT2D eigenvalue weighted by molar-refractivity contribution is 7.86. The van der Waals surface area contributed by atoms with Gasteiger partial charge >= 0.3 is 0 Å². The minimum absolute atomic E-state index is 0.0976. The molecule has 3 rings (SSSR count). The van der Waals surface area contributed by atoms with Crippen molar-refractivity contribution in [3.63, 3.8) is 0 Å². The predicted octanol–water partition coefficient (Wildman–Crippen LogP) is 2.72. The third-order valence-electron chi connectivity index (χ3n) is 6.23. The molecule has 1 aromatic rings. The standard InChI is InChI=1S/C21H33ClN4O4S/c1-16-13-19(20(30-3)14-18(16)22)23-21(27)15-25-9-11-26(12-10-25)31(28,29)24(2)17-7-5-4-6-8-17/h13-14,17H,4-12,15H2,1-3H3,(H,23,27). The van der Waals surface area contributed by atoms with Gasteiger partial charge in [0.05, 0.1) is 19.3 Å². The van der Waals surface area contributed by atoms with Crippen LogP contribution in [0.5, 0.6) is 5.75 Å². The molecule has 31 heavy (non-hydrogen) atoms. The molecule has 174 valence electrons. The molecule has 1 heterocycles. The molecule has 1 aromatic carbocycles. The minimum Gasteiger partial charge on any atom is -0.495 e. The monoisotopic (exact) mass is 472 g/mol. The molecule has 1 aliphatic heterocycles. The molecule has 0 unspecified atom stereocenters. The number of nitrogens with one attached hydrogen (secondary N) is 1. The van der Waals surface area contributed by atoms with Crippen molar-refractivity contribution < 1.29 is 17.9 Å². The Kier molecular flexibility index (Phi) is 8.20. The predicted molar refractivity (Wildman–Crippen MR) is 123 cm³/mol. The van der Waals surface area contributed by atoms with E-state index in [0.29, 0.717) is 42.6 Å². The van der Waals surface area contributed by atoms with Gasteiger partial charge in [-0.15, -0.1) is 0 Å². The summed E-state index contributed by atoms with van der Waals surface area (Å²) < 4.78 is 34.4. The fourth-order valence-electron chi connectivity index (χ4n) is 4.26. The van der Waals surface area contributed by atoms with E-state index in [1.807, 2.05) is 11.8 Å². The molecular weight excluding hydrogens is 440 g/mol. The summed E-state index contributed by atoms with van der Waals surface area (Å²) in [5.41, 5.74) is 1.42. The van der Waals surface area contributed by atoms with E-state index >= 15 is 0 Å². The Morgan fingerprint density at radius 3 is 2.45 bits per heavy atom. The van der Waals surface area contributed by atoms with Gasteiger partial charge in [-0.2, -0.15) is 17.0 Å². The maximum Gasteiger partial charge on any atom is 0.282 e. The van der Waals surface area contributed by atoms with Gasteiger partial charge < -0.3 is 10.1 Å². The van der Waals surface area contributed by atoms with Crippen molar-refractivity contribution in [2.75, 3.05) is 52.2 Å². The number of anilines is 1. The van der Waals surface area contributed by atoms with Gasteiger partial charge in [-0.05, 0) is 31.4 Å². The number of halogens is 1. The van der Waals surface area contributed by atoms with Crippen molar-refractivity contribution in [3.8, 4) is 5.75 Å². The Morgan fingerprint density at radius 1 is 1.19 bits per heavy atom. The number of aryl methyl sites for hydroxylation is 1. The summed E-state index contributed by atoms with van der Waals surface area (Å²) >= 11 is 6.12. The van der Waals surface area contributed by atoms with E-state index in [2.05, 4.69) is 5.32 Å². The quantitative estimate of drug-likeness (QED) is 0.659. The number of amides is 1. The van der Waals surface area contributed by atoms with Crippen molar-refractivity contribution in [3.05, 3.63) is 22.7 Å². The Hall–Kier alpha value is -1.39. The zero-order chi connectivity index (χ0) is 22.6. The second-order valence-electron chi connectivity index (χ2n) is 8.34. The number of carbonyl (C=O) groups is 1. The molecule has 1 amide bonds. The summed E-state index contributed by atoms with van der Waals surface area (Å²) in [6, 6.07) is 3.56. The van der Waals surface area contributed by atoms with Gasteiger partial charge in [-0.1, -0.05) is 30.9 Å². The van der Waals surface area contributed by atoms with Crippen molar-refractivity contribution in [2.45, 2.75) is 45.1 Å². The minimum atomic E-state index is -3.47. The van der Waals surface area contributed by atoms with Crippen LogP contribution in [0.3, 0.4) is 0 Å². The van der Waals surface area contributed by atoms with Gasteiger partial charge in [0, 0.05) is 50.4 Å². The van der Waals surface area contributed by atoms with Gasteiger partial charge in [0.2, 0.25) is 5.91 Å². The molecule has 1 saturated carbocycles. The summed E-state index contributed by atoms with van der Waals surface area (Å²) in [4.78, 5) is 14.5. The number of hydrogen-bond donors (Lipinski definition) is 1. The maximum absolute atomic E-state index is 13.0. The van der Waals surface area contributed by atoms with Crippen molar-refractivity contribution in [1.29, 1.82) is 0 Å². The molecule has 1 N–H and O–H groups in total. The zero-order valence-corrected chi connectivity index (χ0v) is 20.1. The SMILES string of the molecule is COc1cc(Cl)c(C)cc1NC(=O)CN1CCN(S(=O)(=O)N(C)C2CCCCC2)CC1. The second-order valence-corrected chi connectivity index (χ2v) is 10.7. The van der Waals surface area contributed by atoms with Gasteiger partial charge in [0.15, 0.2) is 0 Å². The molecule has 0 atom stereocenters. The summed E-state index contributed by atoms with van der Waals surface area (Å²) in [6.45, 7) is 3.86. The largest absolute Gasteiger partial charge is 0.495 e. The number of carbonyl (C=O) groups excluding carboxylic acids is 1. The number of ether oxygens (including phenoxy) is 1. The molecule has 0 spiro atoms. The van der Waals surface area contributed by atoms with Crippen LogP contribution in [0, 0.1) is 6.92 Å². The van der Waals surface area contributed by atoms with Gasteiger partial charge in [-0.3, -0.25) is 9.69 Å². The highest BCUT2D eigenvalue weighted by Gasteiger charge is 2.34. The molecular formula is C21H33ClN4O4S. The smallest absolute Gasteiger partial charge is 0.282 e. The van der Waals surface area contributed by atoms with Crippen LogP contribution in [0.15, 0.2) is 12.1 Å². The first kappa shape index (κ1) is 24.3. The Balaban J connectivity index is 1.53. The Labute approximate surface area is 190 Å². The van der Waals surface area contributed by atoms with E-state index in [0.717, 1.165) is 31.2 Å². The van der Waals surface area contributed by atoms with E-state index in [4.69, 9.17) is 16.3 Å². The molecule has 10 heteroatoms. The van der Waals surface area contributed by atoms with Crippen molar-refractivity contribution >= 4 is 33.4 Å². The molecule has 0 radical (unpaired) electrons. The third-order valence-corrected chi connectivity index (χ3v) is 8.68. The first-order valence-corrected chi connectivity index (χ1v) is 12.6. The molecule has 0 bridgehead atoms. The summed E-state index contributed by atoms with van der Waals surface area (Å²) in [7, 11) is -0.240. The Bertz CT molecular complexity index is 882. The summed E-state index contributed by atoms with van der Waals surface area (Å²) in [6.07, 6.45) is 5.23. The third kappa shape index (κ3) is 5.90. The lowest BCUT2D eigenvalue weighted by Gasteiger charge is -2.38.